The van der Waals surface area contributed by atoms with Gasteiger partial charge >= 0.3 is 12.1 Å². The number of benzene rings is 1. The van der Waals surface area contributed by atoms with E-state index in [4.69, 9.17) is 15.2 Å². The van der Waals surface area contributed by atoms with E-state index in [0.717, 1.165) is 11.1 Å². The van der Waals surface area contributed by atoms with Gasteiger partial charge < -0.3 is 20.1 Å². The fourth-order valence-electron chi connectivity index (χ4n) is 3.84. The summed E-state index contributed by atoms with van der Waals surface area (Å²) in [5.41, 5.74) is 8.51. The number of halogens is 1. The van der Waals surface area contributed by atoms with E-state index >= 15 is 0 Å². The second-order valence-electron chi connectivity index (χ2n) is 7.77. The molecule has 2 aromatic rings. The number of carbonyl (C=O) groups excluding carboxylic acids is 1. The van der Waals surface area contributed by atoms with E-state index in [9.17, 15) is 9.18 Å². The number of alkyl halides is 1. The first-order valence-corrected chi connectivity index (χ1v) is 10.1. The molecule has 160 valence electrons. The van der Waals surface area contributed by atoms with Crippen LogP contribution in [0.5, 0.6) is 6.01 Å². The molecule has 1 saturated heterocycles. The second-order valence-corrected chi connectivity index (χ2v) is 7.77. The monoisotopic (exact) mass is 415 g/mol. The molecule has 1 fully saturated rings. The summed E-state index contributed by atoms with van der Waals surface area (Å²) in [6.45, 7) is 1.67. The summed E-state index contributed by atoms with van der Waals surface area (Å²) in [4.78, 5) is 24.7. The summed E-state index contributed by atoms with van der Waals surface area (Å²) in [6, 6.07) is 9.66. The molecule has 8 nitrogen and oxygen atoms in total. The van der Waals surface area contributed by atoms with Crippen molar-refractivity contribution in [1.29, 1.82) is 0 Å². The van der Waals surface area contributed by atoms with Gasteiger partial charge in [0.2, 0.25) is 0 Å². The molecule has 0 saturated carbocycles. The molecule has 1 aromatic carbocycles. The Morgan fingerprint density at radius 1 is 1.30 bits per heavy atom. The van der Waals surface area contributed by atoms with E-state index in [1.165, 1.54) is 0 Å². The number of ether oxygens (including phenoxy) is 2. The van der Waals surface area contributed by atoms with Gasteiger partial charge in [-0.3, -0.25) is 4.90 Å². The summed E-state index contributed by atoms with van der Waals surface area (Å²) in [7, 11) is 1.87. The van der Waals surface area contributed by atoms with Crippen LogP contribution in [0, 0.1) is 0 Å². The molecule has 1 amide bonds. The van der Waals surface area contributed by atoms with Crippen molar-refractivity contribution in [3.8, 4) is 6.01 Å². The zero-order valence-electron chi connectivity index (χ0n) is 17.0. The SMILES string of the molecule is CN1C[C@H](F)C[C@H]1COc1nc(N)c2c(n1)CN(C(=O)OCc1ccccc1)CC2. The van der Waals surface area contributed by atoms with E-state index < -0.39 is 12.3 Å². The van der Waals surface area contributed by atoms with Crippen molar-refractivity contribution in [3.63, 3.8) is 0 Å². The van der Waals surface area contributed by atoms with E-state index in [2.05, 4.69) is 9.97 Å². The van der Waals surface area contributed by atoms with Crippen molar-refractivity contribution in [3.05, 3.63) is 47.2 Å². The van der Waals surface area contributed by atoms with Crippen molar-refractivity contribution >= 4 is 11.9 Å². The predicted molar refractivity (Wildman–Crippen MR) is 109 cm³/mol. The van der Waals surface area contributed by atoms with Crippen LogP contribution >= 0.6 is 0 Å². The standard InChI is InChI=1S/C21H26FN5O3/c1-26-10-15(22)9-16(26)13-29-20-24-18-11-27(8-7-17(18)19(23)25-20)21(28)30-12-14-5-3-2-4-6-14/h2-6,15-16H,7-13H2,1H3,(H2,23,24,25)/t15-,16+/m1/s1. The predicted octanol–water partition coefficient (Wildman–Crippen LogP) is 2.17. The van der Waals surface area contributed by atoms with Crippen LogP contribution in [0.1, 0.15) is 23.2 Å². The van der Waals surface area contributed by atoms with Crippen LogP contribution in [0.4, 0.5) is 15.0 Å². The highest BCUT2D eigenvalue weighted by atomic mass is 19.1. The molecule has 0 unspecified atom stereocenters. The van der Waals surface area contributed by atoms with Crippen molar-refractivity contribution in [2.24, 2.45) is 0 Å². The van der Waals surface area contributed by atoms with Gasteiger partial charge in [0.1, 0.15) is 25.2 Å². The van der Waals surface area contributed by atoms with Crippen LogP contribution in [0.25, 0.3) is 0 Å². The molecule has 2 aliphatic rings. The van der Waals surface area contributed by atoms with Gasteiger partial charge in [-0.15, -0.1) is 0 Å². The number of hydrogen-bond donors (Lipinski definition) is 1. The number of anilines is 1. The Kier molecular flexibility index (Phi) is 5.98. The largest absolute Gasteiger partial charge is 0.462 e. The molecule has 4 rings (SSSR count). The summed E-state index contributed by atoms with van der Waals surface area (Å²) in [5, 5.41) is 0. The van der Waals surface area contributed by atoms with Crippen molar-refractivity contribution in [2.75, 3.05) is 32.5 Å². The third-order valence-electron chi connectivity index (χ3n) is 5.58. The topological polar surface area (TPSA) is 93.8 Å². The van der Waals surface area contributed by atoms with Gasteiger partial charge in [0.15, 0.2) is 0 Å². The molecule has 0 spiro atoms. The zero-order chi connectivity index (χ0) is 21.1. The van der Waals surface area contributed by atoms with Crippen LogP contribution < -0.4 is 10.5 Å². The number of aromatic nitrogens is 2. The lowest BCUT2D eigenvalue weighted by Gasteiger charge is -2.28. The molecule has 2 N–H and O–H groups in total. The van der Waals surface area contributed by atoms with Gasteiger partial charge in [0.25, 0.3) is 0 Å². The number of nitrogens with zero attached hydrogens (tertiary/aromatic N) is 4. The Bertz CT molecular complexity index is 898. The number of likely N-dealkylation sites (N-methyl/N-ethyl adjacent to an activating group) is 1. The third kappa shape index (κ3) is 4.62. The second kappa shape index (κ2) is 8.83. The molecule has 0 bridgehead atoms. The molecule has 0 aliphatic carbocycles. The Labute approximate surface area is 174 Å². The maximum Gasteiger partial charge on any atom is 0.410 e. The first kappa shape index (κ1) is 20.3. The van der Waals surface area contributed by atoms with Crippen molar-refractivity contribution < 1.29 is 18.7 Å². The van der Waals surface area contributed by atoms with Gasteiger partial charge in [-0.1, -0.05) is 30.3 Å². The number of amides is 1. The van der Waals surface area contributed by atoms with E-state index in [-0.39, 0.29) is 31.8 Å². The Balaban J connectivity index is 1.37. The minimum atomic E-state index is -0.839. The minimum Gasteiger partial charge on any atom is -0.462 e. The fourth-order valence-corrected chi connectivity index (χ4v) is 3.84. The highest BCUT2D eigenvalue weighted by Gasteiger charge is 2.30. The molecule has 1 aromatic heterocycles. The average molecular weight is 415 g/mol. The number of nitrogens with two attached hydrogens (primary N) is 1. The summed E-state index contributed by atoms with van der Waals surface area (Å²) in [5.74, 6) is 0.357. The summed E-state index contributed by atoms with van der Waals surface area (Å²) in [6.07, 6.45) is -0.256. The molecule has 0 radical (unpaired) electrons. The van der Waals surface area contributed by atoms with Gasteiger partial charge in [-0.2, -0.15) is 9.97 Å². The van der Waals surface area contributed by atoms with Crippen LogP contribution in [0.2, 0.25) is 0 Å². The lowest BCUT2D eigenvalue weighted by atomic mass is 10.1. The minimum absolute atomic E-state index is 0.0229. The van der Waals surface area contributed by atoms with Crippen LogP contribution in [-0.2, 0) is 24.3 Å². The number of rotatable bonds is 5. The van der Waals surface area contributed by atoms with Crippen LogP contribution in [0.3, 0.4) is 0 Å². The number of fused-ring (bicyclic) bond motifs is 1. The Morgan fingerprint density at radius 2 is 2.10 bits per heavy atom. The highest BCUT2D eigenvalue weighted by molar-refractivity contribution is 5.68. The lowest BCUT2D eigenvalue weighted by Crippen LogP contribution is -2.37. The Hall–Kier alpha value is -2.94. The molecule has 2 aliphatic heterocycles. The molecule has 9 heteroatoms. The number of carbonyl (C=O) groups is 1. The first-order chi connectivity index (χ1) is 14.5. The zero-order valence-corrected chi connectivity index (χ0v) is 17.0. The first-order valence-electron chi connectivity index (χ1n) is 10.1. The van der Waals surface area contributed by atoms with Gasteiger partial charge in [-0.05, 0) is 25.5 Å². The number of likely N-dealkylation sites (tertiary alicyclic amines) is 1. The summed E-state index contributed by atoms with van der Waals surface area (Å²) < 4.78 is 24.7. The van der Waals surface area contributed by atoms with Gasteiger partial charge in [0.05, 0.1) is 12.2 Å². The maximum atomic E-state index is 13.5. The van der Waals surface area contributed by atoms with Crippen LogP contribution in [0.15, 0.2) is 30.3 Å². The van der Waals surface area contributed by atoms with E-state index in [1.54, 1.807) is 4.90 Å². The fraction of sp³-hybridized carbons (Fsp3) is 0.476. The van der Waals surface area contributed by atoms with E-state index in [1.807, 2.05) is 42.3 Å². The lowest BCUT2D eigenvalue weighted by molar-refractivity contribution is 0.0910. The molecule has 3 heterocycles. The Morgan fingerprint density at radius 3 is 2.83 bits per heavy atom. The number of nitrogen functional groups attached to an aromatic ring is 1. The van der Waals surface area contributed by atoms with Crippen LogP contribution in [-0.4, -0.2) is 64.8 Å². The molecule has 30 heavy (non-hydrogen) atoms. The number of hydrogen-bond acceptors (Lipinski definition) is 7. The van der Waals surface area contributed by atoms with Crippen molar-refractivity contribution in [1.82, 2.24) is 19.8 Å². The molecular formula is C21H26FN5O3. The van der Waals surface area contributed by atoms with Gasteiger partial charge in [0, 0.05) is 24.7 Å². The van der Waals surface area contributed by atoms with Crippen molar-refractivity contribution in [2.45, 2.75) is 38.2 Å². The smallest absolute Gasteiger partial charge is 0.410 e. The molecule has 2 atom stereocenters. The third-order valence-corrected chi connectivity index (χ3v) is 5.58. The van der Waals surface area contributed by atoms with E-state index in [0.29, 0.717) is 37.4 Å². The average Bonchev–Trinajstić information content (AvgIpc) is 3.07. The maximum absolute atomic E-state index is 13.5. The normalized spacial score (nSPS) is 21.3. The highest BCUT2D eigenvalue weighted by Crippen LogP contribution is 2.25. The summed E-state index contributed by atoms with van der Waals surface area (Å²) >= 11 is 0. The quantitative estimate of drug-likeness (QED) is 0.800. The molecular weight excluding hydrogens is 389 g/mol. The van der Waals surface area contributed by atoms with Gasteiger partial charge in [-0.25, -0.2) is 9.18 Å².